The average Bonchev–Trinajstić information content (AvgIpc) is 2.17. The van der Waals surface area contributed by atoms with E-state index < -0.39 is 18.7 Å². The summed E-state index contributed by atoms with van der Waals surface area (Å²) in [4.78, 5) is 0. The van der Waals surface area contributed by atoms with E-state index in [1.807, 2.05) is 0 Å². The quantitative estimate of drug-likeness (QED) is 0.554. The Bertz CT molecular complexity index is 122. The van der Waals surface area contributed by atoms with Gasteiger partial charge in [0.15, 0.2) is 6.10 Å². The average molecular weight is 208 g/mol. The molecule has 0 radical (unpaired) electrons. The molecule has 0 heterocycles. The van der Waals surface area contributed by atoms with Gasteiger partial charge in [0, 0.05) is 19.8 Å². The highest BCUT2D eigenvalue weighted by atomic mass is 16.9. The third-order valence-electron chi connectivity index (χ3n) is 1.62. The number of ether oxygens (including phenoxy) is 3. The van der Waals surface area contributed by atoms with E-state index in [-0.39, 0.29) is 0 Å². The number of aliphatic hydroxyl groups excluding tert-OH is 2. The Labute approximate surface area is 84.6 Å². The Morgan fingerprint density at radius 3 is 1.57 bits per heavy atom. The third-order valence-corrected chi connectivity index (χ3v) is 1.62. The van der Waals surface area contributed by atoms with E-state index in [9.17, 15) is 5.11 Å². The van der Waals surface area contributed by atoms with Gasteiger partial charge in [0.2, 0.25) is 0 Å². The van der Waals surface area contributed by atoms with E-state index in [1.165, 1.54) is 0 Å². The monoisotopic (exact) mass is 208 g/mol. The van der Waals surface area contributed by atoms with Gasteiger partial charge in [-0.15, -0.1) is 0 Å². The van der Waals surface area contributed by atoms with Gasteiger partial charge in [-0.2, -0.15) is 0 Å². The molecular weight excluding hydrogens is 188 g/mol. The summed E-state index contributed by atoms with van der Waals surface area (Å²) in [5, 5.41) is 18.4. The Kier molecular flexibility index (Phi) is 7.04. The van der Waals surface area contributed by atoms with E-state index in [0.717, 1.165) is 0 Å². The summed E-state index contributed by atoms with van der Waals surface area (Å²) in [7, 11) is 0. The standard InChI is InChI=1S/C9H20O5/c1-4-12-9(13-5-2,14-6-3)8(11)7-10/h8,10-11H,4-7H2,1-3H3. The molecule has 1 atom stereocenters. The molecule has 1 unspecified atom stereocenters. The largest absolute Gasteiger partial charge is 0.393 e. The summed E-state index contributed by atoms with van der Waals surface area (Å²) in [5.74, 6) is -1.53. The van der Waals surface area contributed by atoms with Crippen molar-refractivity contribution in [3.8, 4) is 0 Å². The number of hydrogen-bond acceptors (Lipinski definition) is 5. The zero-order chi connectivity index (χ0) is 11.0. The lowest BCUT2D eigenvalue weighted by Crippen LogP contribution is -2.51. The maximum atomic E-state index is 9.54. The molecule has 0 saturated heterocycles. The predicted octanol–water partition coefficient (Wildman–Crippen LogP) is 0.103. The third kappa shape index (κ3) is 3.51. The minimum absolute atomic E-state index is 0.330. The minimum Gasteiger partial charge on any atom is -0.393 e. The fourth-order valence-corrected chi connectivity index (χ4v) is 1.13. The first-order chi connectivity index (χ1) is 6.66. The fraction of sp³-hybridized carbons (Fsp3) is 1.00. The fourth-order valence-electron chi connectivity index (χ4n) is 1.13. The van der Waals surface area contributed by atoms with Crippen molar-refractivity contribution >= 4 is 0 Å². The minimum atomic E-state index is -1.53. The Balaban J connectivity index is 4.53. The van der Waals surface area contributed by atoms with E-state index in [2.05, 4.69) is 0 Å². The predicted molar refractivity (Wildman–Crippen MR) is 50.7 cm³/mol. The first kappa shape index (κ1) is 13.8. The molecule has 0 aliphatic heterocycles. The van der Waals surface area contributed by atoms with Crippen LogP contribution in [0.3, 0.4) is 0 Å². The van der Waals surface area contributed by atoms with Crippen molar-refractivity contribution in [3.63, 3.8) is 0 Å². The van der Waals surface area contributed by atoms with Gasteiger partial charge in [-0.25, -0.2) is 0 Å². The number of aliphatic hydroxyl groups is 2. The van der Waals surface area contributed by atoms with E-state index in [0.29, 0.717) is 19.8 Å². The molecule has 0 aromatic carbocycles. The van der Waals surface area contributed by atoms with Gasteiger partial charge in [0.25, 0.3) is 0 Å². The zero-order valence-electron chi connectivity index (χ0n) is 9.02. The first-order valence-electron chi connectivity index (χ1n) is 4.87. The molecule has 5 heteroatoms. The van der Waals surface area contributed by atoms with Gasteiger partial charge in [0.05, 0.1) is 6.61 Å². The molecule has 0 rings (SSSR count). The van der Waals surface area contributed by atoms with Crippen LogP contribution in [0.25, 0.3) is 0 Å². The molecule has 0 aromatic heterocycles. The summed E-state index contributed by atoms with van der Waals surface area (Å²) in [6.07, 6.45) is -1.21. The SMILES string of the molecule is CCOC(OCC)(OCC)C(O)CO. The molecule has 2 N–H and O–H groups in total. The van der Waals surface area contributed by atoms with E-state index in [1.54, 1.807) is 20.8 Å². The van der Waals surface area contributed by atoms with Crippen LogP contribution in [0.5, 0.6) is 0 Å². The zero-order valence-corrected chi connectivity index (χ0v) is 9.02. The van der Waals surface area contributed by atoms with Crippen molar-refractivity contribution < 1.29 is 24.4 Å². The number of hydrogen-bond donors (Lipinski definition) is 2. The van der Waals surface area contributed by atoms with Crippen LogP contribution in [0, 0.1) is 0 Å². The second kappa shape index (κ2) is 7.14. The lowest BCUT2D eigenvalue weighted by Gasteiger charge is -2.35. The molecule has 0 saturated carbocycles. The summed E-state index contributed by atoms with van der Waals surface area (Å²) < 4.78 is 15.6. The Morgan fingerprint density at radius 1 is 1.00 bits per heavy atom. The molecule has 14 heavy (non-hydrogen) atoms. The van der Waals surface area contributed by atoms with Crippen molar-refractivity contribution in [2.24, 2.45) is 0 Å². The van der Waals surface area contributed by atoms with Crippen molar-refractivity contribution in [3.05, 3.63) is 0 Å². The van der Waals surface area contributed by atoms with Gasteiger partial charge < -0.3 is 24.4 Å². The second-order valence-electron chi connectivity index (χ2n) is 2.60. The lowest BCUT2D eigenvalue weighted by atomic mass is 10.3. The van der Waals surface area contributed by atoms with Crippen LogP contribution >= 0.6 is 0 Å². The highest BCUT2D eigenvalue weighted by molar-refractivity contribution is 4.68. The van der Waals surface area contributed by atoms with Gasteiger partial charge in [-0.3, -0.25) is 0 Å². The molecule has 0 amide bonds. The van der Waals surface area contributed by atoms with Crippen molar-refractivity contribution in [2.45, 2.75) is 32.8 Å². The van der Waals surface area contributed by atoms with E-state index >= 15 is 0 Å². The van der Waals surface area contributed by atoms with Crippen LogP contribution < -0.4 is 0 Å². The summed E-state index contributed by atoms with van der Waals surface area (Å²) in [5.41, 5.74) is 0. The molecular formula is C9H20O5. The summed E-state index contributed by atoms with van der Waals surface area (Å²) in [6.45, 7) is 5.80. The van der Waals surface area contributed by atoms with Gasteiger partial charge in [0.1, 0.15) is 0 Å². The Morgan fingerprint density at radius 2 is 1.36 bits per heavy atom. The normalized spacial score (nSPS) is 14.4. The molecule has 0 bridgehead atoms. The molecule has 5 nitrogen and oxygen atoms in total. The number of rotatable bonds is 8. The lowest BCUT2D eigenvalue weighted by molar-refractivity contribution is -0.412. The van der Waals surface area contributed by atoms with Crippen LogP contribution in [0.4, 0.5) is 0 Å². The van der Waals surface area contributed by atoms with Crippen molar-refractivity contribution in [2.75, 3.05) is 26.4 Å². The van der Waals surface area contributed by atoms with E-state index in [4.69, 9.17) is 19.3 Å². The van der Waals surface area contributed by atoms with Crippen molar-refractivity contribution in [1.29, 1.82) is 0 Å². The van der Waals surface area contributed by atoms with Gasteiger partial charge in [-0.1, -0.05) is 0 Å². The highest BCUT2D eigenvalue weighted by Crippen LogP contribution is 2.20. The van der Waals surface area contributed by atoms with Crippen LogP contribution in [0.2, 0.25) is 0 Å². The maximum Gasteiger partial charge on any atom is 0.312 e. The first-order valence-corrected chi connectivity index (χ1v) is 4.87. The Hall–Kier alpha value is -0.200. The molecule has 0 aromatic rings. The van der Waals surface area contributed by atoms with Crippen LogP contribution in [0.1, 0.15) is 20.8 Å². The molecule has 0 aliphatic carbocycles. The molecule has 0 fully saturated rings. The second-order valence-corrected chi connectivity index (χ2v) is 2.60. The van der Waals surface area contributed by atoms with Crippen molar-refractivity contribution in [1.82, 2.24) is 0 Å². The molecule has 0 spiro atoms. The van der Waals surface area contributed by atoms with Crippen LogP contribution in [-0.2, 0) is 14.2 Å². The smallest absolute Gasteiger partial charge is 0.312 e. The van der Waals surface area contributed by atoms with Gasteiger partial charge >= 0.3 is 5.97 Å². The summed E-state index contributed by atoms with van der Waals surface area (Å²) >= 11 is 0. The van der Waals surface area contributed by atoms with Gasteiger partial charge in [-0.05, 0) is 20.8 Å². The topological polar surface area (TPSA) is 68.2 Å². The summed E-state index contributed by atoms with van der Waals surface area (Å²) in [6, 6.07) is 0. The van der Waals surface area contributed by atoms with Crippen LogP contribution in [-0.4, -0.2) is 48.7 Å². The highest BCUT2D eigenvalue weighted by Gasteiger charge is 2.41. The molecule has 86 valence electrons. The molecule has 0 aliphatic rings. The van der Waals surface area contributed by atoms with Crippen LogP contribution in [0.15, 0.2) is 0 Å². The maximum absolute atomic E-state index is 9.54.